The van der Waals surface area contributed by atoms with E-state index in [0.717, 1.165) is 10.2 Å². The van der Waals surface area contributed by atoms with Crippen molar-refractivity contribution < 1.29 is 14.1 Å². The van der Waals surface area contributed by atoms with E-state index in [9.17, 15) is 14.9 Å². The number of halogens is 1. The molecule has 3 aromatic rings. The maximum Gasteiger partial charge on any atom is 0.270 e. The predicted octanol–water partition coefficient (Wildman–Crippen LogP) is 5.51. The number of thioether (sulfide) groups is 1. The normalized spacial score (nSPS) is 16.4. The molecule has 0 saturated carbocycles. The quantitative estimate of drug-likeness (QED) is 0.308. The van der Waals surface area contributed by atoms with Crippen LogP contribution in [0.15, 0.2) is 79.5 Å². The van der Waals surface area contributed by atoms with Crippen LogP contribution in [0.3, 0.4) is 0 Å². The van der Waals surface area contributed by atoms with E-state index < -0.39 is 4.92 Å². The molecule has 29 heavy (non-hydrogen) atoms. The third-order valence-corrected chi connectivity index (χ3v) is 5.39. The van der Waals surface area contributed by atoms with Gasteiger partial charge in [-0.2, -0.15) is 0 Å². The Balaban J connectivity index is 1.54. The number of nitrogens with one attached hydrogen (secondary N) is 1. The largest absolute Gasteiger partial charge is 0.457 e. The summed E-state index contributed by atoms with van der Waals surface area (Å²) in [5, 5.41) is 14.1. The van der Waals surface area contributed by atoms with Gasteiger partial charge in [-0.3, -0.25) is 14.9 Å². The van der Waals surface area contributed by atoms with Gasteiger partial charge in [0.2, 0.25) is 0 Å². The second-order valence-electron chi connectivity index (χ2n) is 5.97. The van der Waals surface area contributed by atoms with Crippen LogP contribution < -0.4 is 5.32 Å². The van der Waals surface area contributed by atoms with Gasteiger partial charge in [-0.1, -0.05) is 28.1 Å². The third kappa shape index (κ3) is 4.47. The standard InChI is InChI=1S/C20H12BrN3O4S/c21-13-4-6-14(7-5-13)22-20-23-19(25)18(29-20)11-16-8-9-17(28-16)12-2-1-3-15(10-12)24(26)27/h1-11H,(H,22,23,25)/b18-11-. The number of carbonyl (C=O) groups excluding carboxylic acids is 1. The van der Waals surface area contributed by atoms with Gasteiger partial charge in [0, 0.05) is 28.2 Å². The van der Waals surface area contributed by atoms with Crippen molar-refractivity contribution in [3.8, 4) is 11.3 Å². The molecule has 4 rings (SSSR count). The van der Waals surface area contributed by atoms with Gasteiger partial charge in [-0.05, 0) is 48.2 Å². The van der Waals surface area contributed by atoms with Gasteiger partial charge in [0.25, 0.3) is 11.6 Å². The summed E-state index contributed by atoms with van der Waals surface area (Å²) in [6, 6.07) is 17.0. The van der Waals surface area contributed by atoms with Crippen molar-refractivity contribution >= 4 is 56.2 Å². The highest BCUT2D eigenvalue weighted by molar-refractivity contribution is 9.10. The number of nitro benzene ring substituents is 1. The minimum Gasteiger partial charge on any atom is -0.457 e. The Kier molecular flexibility index (Phi) is 5.32. The Morgan fingerprint density at radius 3 is 2.69 bits per heavy atom. The van der Waals surface area contributed by atoms with E-state index in [1.165, 1.54) is 23.9 Å². The molecule has 144 valence electrons. The molecule has 1 amide bonds. The van der Waals surface area contributed by atoms with E-state index in [-0.39, 0.29) is 11.6 Å². The number of furan rings is 1. The van der Waals surface area contributed by atoms with Crippen LogP contribution >= 0.6 is 27.7 Å². The minimum absolute atomic E-state index is 0.0154. The molecule has 2 aromatic carbocycles. The van der Waals surface area contributed by atoms with Crippen LogP contribution in [-0.4, -0.2) is 16.0 Å². The predicted molar refractivity (Wildman–Crippen MR) is 116 cm³/mol. The molecule has 0 radical (unpaired) electrons. The molecule has 9 heteroatoms. The van der Waals surface area contributed by atoms with Crippen molar-refractivity contribution in [2.75, 3.05) is 0 Å². The fourth-order valence-corrected chi connectivity index (χ4v) is 3.69. The van der Waals surface area contributed by atoms with Crippen LogP contribution in [0.5, 0.6) is 0 Å². The summed E-state index contributed by atoms with van der Waals surface area (Å²) in [7, 11) is 0. The summed E-state index contributed by atoms with van der Waals surface area (Å²) in [4.78, 5) is 27.6. The monoisotopic (exact) mass is 469 g/mol. The first-order valence-corrected chi connectivity index (χ1v) is 9.99. The lowest BCUT2D eigenvalue weighted by atomic mass is 10.1. The molecule has 0 unspecified atom stereocenters. The van der Waals surface area contributed by atoms with E-state index in [4.69, 9.17) is 4.42 Å². The zero-order chi connectivity index (χ0) is 20.4. The van der Waals surface area contributed by atoms with Crippen molar-refractivity contribution in [1.29, 1.82) is 0 Å². The maximum atomic E-state index is 12.2. The van der Waals surface area contributed by atoms with Gasteiger partial charge in [0.15, 0.2) is 5.17 Å². The molecular weight excluding hydrogens is 458 g/mol. The van der Waals surface area contributed by atoms with Crippen LogP contribution in [0.4, 0.5) is 11.4 Å². The Hall–Kier alpha value is -3.17. The van der Waals surface area contributed by atoms with Crippen LogP contribution in [0.2, 0.25) is 0 Å². The lowest BCUT2D eigenvalue weighted by molar-refractivity contribution is -0.384. The number of amides is 1. The second kappa shape index (κ2) is 8.06. The average molecular weight is 470 g/mol. The highest BCUT2D eigenvalue weighted by atomic mass is 79.9. The summed E-state index contributed by atoms with van der Waals surface area (Å²) in [5.41, 5.74) is 1.30. The summed E-state index contributed by atoms with van der Waals surface area (Å²) in [5.74, 6) is 0.681. The van der Waals surface area contributed by atoms with Gasteiger partial charge in [0.1, 0.15) is 11.5 Å². The number of non-ortho nitro benzene ring substituents is 1. The number of rotatable bonds is 4. The molecule has 1 aliphatic rings. The number of nitrogens with zero attached hydrogens (tertiary/aromatic N) is 2. The molecule has 0 atom stereocenters. The molecule has 1 saturated heterocycles. The average Bonchev–Trinajstić information content (AvgIpc) is 3.31. The summed E-state index contributed by atoms with van der Waals surface area (Å²) < 4.78 is 6.69. The van der Waals surface area contributed by atoms with E-state index in [1.807, 2.05) is 24.3 Å². The van der Waals surface area contributed by atoms with Crippen molar-refractivity contribution in [2.45, 2.75) is 0 Å². The molecule has 0 spiro atoms. The van der Waals surface area contributed by atoms with Gasteiger partial charge in [-0.25, -0.2) is 4.99 Å². The first-order valence-electron chi connectivity index (χ1n) is 8.38. The Bertz CT molecular complexity index is 1170. The van der Waals surface area contributed by atoms with Gasteiger partial charge >= 0.3 is 0 Å². The Morgan fingerprint density at radius 2 is 1.93 bits per heavy atom. The number of carbonyl (C=O) groups is 1. The van der Waals surface area contributed by atoms with E-state index >= 15 is 0 Å². The van der Waals surface area contributed by atoms with Gasteiger partial charge in [-0.15, -0.1) is 0 Å². The van der Waals surface area contributed by atoms with E-state index in [1.54, 1.807) is 30.3 Å². The molecule has 1 aliphatic heterocycles. The Labute approximate surface area is 177 Å². The van der Waals surface area contributed by atoms with Crippen LogP contribution in [0, 0.1) is 10.1 Å². The molecule has 1 aromatic heterocycles. The zero-order valence-corrected chi connectivity index (χ0v) is 17.1. The van der Waals surface area contributed by atoms with E-state index in [0.29, 0.717) is 27.2 Å². The molecule has 0 aliphatic carbocycles. The first-order chi connectivity index (χ1) is 14.0. The van der Waals surface area contributed by atoms with Crippen molar-refractivity contribution in [3.05, 3.63) is 85.9 Å². The second-order valence-corrected chi connectivity index (χ2v) is 7.91. The smallest absolute Gasteiger partial charge is 0.270 e. The molecular formula is C20H12BrN3O4S. The lowest BCUT2D eigenvalue weighted by Gasteiger charge is -1.97. The number of amidine groups is 1. The number of hydrogen-bond acceptors (Lipinski definition) is 6. The molecule has 2 heterocycles. The topological polar surface area (TPSA) is 97.7 Å². The highest BCUT2D eigenvalue weighted by Crippen LogP contribution is 2.31. The fraction of sp³-hybridized carbons (Fsp3) is 0. The van der Waals surface area contributed by atoms with Crippen molar-refractivity contribution in [2.24, 2.45) is 4.99 Å². The SMILES string of the molecule is O=C1NC(=Nc2ccc(Br)cc2)S/C1=C\c1ccc(-c2cccc([N+](=O)[O-])c2)o1. The number of hydrogen-bond donors (Lipinski definition) is 1. The first kappa shape index (κ1) is 19.2. The van der Waals surface area contributed by atoms with Crippen molar-refractivity contribution in [3.63, 3.8) is 0 Å². The summed E-state index contributed by atoms with van der Waals surface area (Å²) in [6.45, 7) is 0. The van der Waals surface area contributed by atoms with Crippen LogP contribution in [0.1, 0.15) is 5.76 Å². The Morgan fingerprint density at radius 1 is 1.14 bits per heavy atom. The third-order valence-electron chi connectivity index (χ3n) is 3.95. The van der Waals surface area contributed by atoms with Gasteiger partial charge in [0.05, 0.1) is 15.5 Å². The van der Waals surface area contributed by atoms with E-state index in [2.05, 4.69) is 26.2 Å². The fourth-order valence-electron chi connectivity index (χ4n) is 2.60. The minimum atomic E-state index is -0.457. The summed E-state index contributed by atoms with van der Waals surface area (Å²) >= 11 is 4.58. The summed E-state index contributed by atoms with van der Waals surface area (Å²) in [6.07, 6.45) is 1.62. The van der Waals surface area contributed by atoms with Crippen LogP contribution in [0.25, 0.3) is 17.4 Å². The molecule has 1 fully saturated rings. The lowest BCUT2D eigenvalue weighted by Crippen LogP contribution is -2.19. The number of nitro groups is 1. The molecule has 1 N–H and O–H groups in total. The number of aliphatic imine (C=N–C) groups is 1. The maximum absolute atomic E-state index is 12.2. The van der Waals surface area contributed by atoms with Crippen LogP contribution in [-0.2, 0) is 4.79 Å². The van der Waals surface area contributed by atoms with Crippen molar-refractivity contribution in [1.82, 2.24) is 5.32 Å². The molecule has 7 nitrogen and oxygen atoms in total. The zero-order valence-electron chi connectivity index (χ0n) is 14.7. The highest BCUT2D eigenvalue weighted by Gasteiger charge is 2.24. The van der Waals surface area contributed by atoms with Gasteiger partial charge < -0.3 is 9.73 Å². The molecule has 0 bridgehead atoms. The number of benzene rings is 2.